The van der Waals surface area contributed by atoms with Gasteiger partial charge in [-0.1, -0.05) is 6.92 Å². The summed E-state index contributed by atoms with van der Waals surface area (Å²) in [5.74, 6) is 0.342. The van der Waals surface area contributed by atoms with E-state index in [1.807, 2.05) is 0 Å². The maximum atomic E-state index is 11.7. The first-order valence-electron chi connectivity index (χ1n) is 6.31. The molecule has 0 bridgehead atoms. The first-order valence-corrected chi connectivity index (χ1v) is 8.14. The molecule has 0 spiro atoms. The molecule has 6 nitrogen and oxygen atoms in total. The van der Waals surface area contributed by atoms with E-state index in [9.17, 15) is 13.2 Å². The Labute approximate surface area is 119 Å². The summed E-state index contributed by atoms with van der Waals surface area (Å²) in [4.78, 5) is 11.7. The molecule has 1 aromatic carbocycles. The Bertz CT molecular complexity index is 570. The molecular formula is C13H20N2O4S. The van der Waals surface area contributed by atoms with Gasteiger partial charge in [0.1, 0.15) is 15.6 Å². The SMILES string of the molecule is CCS(=O)(=O)CCCC(=O)Nc1ccc(N)cc1OC. The molecule has 20 heavy (non-hydrogen) atoms. The minimum atomic E-state index is -3.03. The molecule has 1 rings (SSSR count). The summed E-state index contributed by atoms with van der Waals surface area (Å²) in [6, 6.07) is 4.91. The van der Waals surface area contributed by atoms with Crippen molar-refractivity contribution >= 4 is 27.1 Å². The van der Waals surface area contributed by atoms with E-state index >= 15 is 0 Å². The summed E-state index contributed by atoms with van der Waals surface area (Å²) in [5.41, 5.74) is 6.67. The smallest absolute Gasteiger partial charge is 0.224 e. The number of nitrogens with one attached hydrogen (secondary N) is 1. The second kappa shape index (κ2) is 7.14. The number of benzene rings is 1. The fourth-order valence-corrected chi connectivity index (χ4v) is 2.49. The molecule has 0 heterocycles. The molecule has 0 unspecified atom stereocenters. The number of hydrogen-bond donors (Lipinski definition) is 2. The van der Waals surface area contributed by atoms with Crippen LogP contribution in [0.5, 0.6) is 5.75 Å². The van der Waals surface area contributed by atoms with Crippen LogP contribution in [0.15, 0.2) is 18.2 Å². The molecule has 1 amide bonds. The van der Waals surface area contributed by atoms with E-state index in [1.54, 1.807) is 25.1 Å². The molecule has 0 atom stereocenters. The van der Waals surface area contributed by atoms with Crippen LogP contribution in [-0.2, 0) is 14.6 Å². The van der Waals surface area contributed by atoms with Gasteiger partial charge >= 0.3 is 0 Å². The number of sulfone groups is 1. The molecule has 112 valence electrons. The lowest BCUT2D eigenvalue weighted by molar-refractivity contribution is -0.116. The number of rotatable bonds is 7. The lowest BCUT2D eigenvalue weighted by atomic mass is 10.2. The Morgan fingerprint density at radius 1 is 1.40 bits per heavy atom. The van der Waals surface area contributed by atoms with Gasteiger partial charge in [0, 0.05) is 23.9 Å². The number of anilines is 2. The largest absolute Gasteiger partial charge is 0.494 e. The molecule has 0 aliphatic rings. The van der Waals surface area contributed by atoms with Crippen LogP contribution in [0, 0.1) is 0 Å². The van der Waals surface area contributed by atoms with Gasteiger partial charge in [-0.05, 0) is 18.6 Å². The molecule has 0 aliphatic heterocycles. The standard InChI is InChI=1S/C13H20N2O4S/c1-3-20(17,18)8-4-5-13(16)15-11-7-6-10(14)9-12(11)19-2/h6-7,9H,3-5,8,14H2,1-2H3,(H,15,16). The van der Waals surface area contributed by atoms with E-state index in [2.05, 4.69) is 5.32 Å². The second-order valence-corrected chi connectivity index (χ2v) is 6.82. The fourth-order valence-electron chi connectivity index (χ4n) is 1.62. The number of carbonyl (C=O) groups excluding carboxylic acids is 1. The Morgan fingerprint density at radius 2 is 2.10 bits per heavy atom. The van der Waals surface area contributed by atoms with E-state index in [4.69, 9.17) is 10.5 Å². The van der Waals surface area contributed by atoms with Crippen molar-refractivity contribution < 1.29 is 17.9 Å². The van der Waals surface area contributed by atoms with Gasteiger partial charge in [0.2, 0.25) is 5.91 Å². The van der Waals surface area contributed by atoms with Gasteiger partial charge in [0.05, 0.1) is 18.6 Å². The van der Waals surface area contributed by atoms with Crippen LogP contribution in [-0.4, -0.2) is 32.9 Å². The molecule has 1 aromatic rings. The number of nitrogens with two attached hydrogens (primary N) is 1. The molecule has 0 aliphatic carbocycles. The van der Waals surface area contributed by atoms with E-state index < -0.39 is 9.84 Å². The van der Waals surface area contributed by atoms with Crippen molar-refractivity contribution in [2.24, 2.45) is 0 Å². The Balaban J connectivity index is 2.55. The predicted molar refractivity (Wildman–Crippen MR) is 79.6 cm³/mol. The highest BCUT2D eigenvalue weighted by Gasteiger charge is 2.11. The van der Waals surface area contributed by atoms with Crippen LogP contribution in [0.2, 0.25) is 0 Å². The van der Waals surface area contributed by atoms with Crippen LogP contribution in [0.3, 0.4) is 0 Å². The van der Waals surface area contributed by atoms with E-state index in [0.29, 0.717) is 23.5 Å². The Kier molecular flexibility index (Phi) is 5.82. The number of amides is 1. The van der Waals surface area contributed by atoms with Crippen LogP contribution in [0.1, 0.15) is 19.8 Å². The third-order valence-electron chi connectivity index (χ3n) is 2.80. The normalized spacial score (nSPS) is 11.1. The summed E-state index contributed by atoms with van der Waals surface area (Å²) < 4.78 is 27.7. The molecule has 0 aromatic heterocycles. The lowest BCUT2D eigenvalue weighted by Gasteiger charge is -2.10. The maximum absolute atomic E-state index is 11.7. The van der Waals surface area contributed by atoms with Crippen molar-refractivity contribution in [3.8, 4) is 5.75 Å². The van der Waals surface area contributed by atoms with Gasteiger partial charge in [-0.3, -0.25) is 4.79 Å². The van der Waals surface area contributed by atoms with Gasteiger partial charge in [0.25, 0.3) is 0 Å². The van der Waals surface area contributed by atoms with Gasteiger partial charge < -0.3 is 15.8 Å². The quantitative estimate of drug-likeness (QED) is 0.742. The monoisotopic (exact) mass is 300 g/mol. The van der Waals surface area contributed by atoms with Gasteiger partial charge in [-0.2, -0.15) is 0 Å². The van der Waals surface area contributed by atoms with Crippen molar-refractivity contribution in [3.63, 3.8) is 0 Å². The first kappa shape index (κ1) is 16.3. The van der Waals surface area contributed by atoms with Crippen molar-refractivity contribution in [2.75, 3.05) is 29.7 Å². The summed E-state index contributed by atoms with van der Waals surface area (Å²) in [5, 5.41) is 2.68. The molecule has 0 saturated carbocycles. The average Bonchev–Trinajstić information content (AvgIpc) is 2.40. The molecule has 0 radical (unpaired) electrons. The Hall–Kier alpha value is -1.76. The minimum Gasteiger partial charge on any atom is -0.494 e. The zero-order valence-corrected chi connectivity index (χ0v) is 12.5. The van der Waals surface area contributed by atoms with Gasteiger partial charge in [-0.25, -0.2) is 8.42 Å². The first-order chi connectivity index (χ1) is 9.38. The van der Waals surface area contributed by atoms with Crippen molar-refractivity contribution in [3.05, 3.63) is 18.2 Å². The summed E-state index contributed by atoms with van der Waals surface area (Å²) in [7, 11) is -1.54. The maximum Gasteiger partial charge on any atom is 0.224 e. The summed E-state index contributed by atoms with van der Waals surface area (Å²) >= 11 is 0. The van der Waals surface area contributed by atoms with E-state index in [0.717, 1.165) is 0 Å². The fraction of sp³-hybridized carbons (Fsp3) is 0.462. The highest BCUT2D eigenvalue weighted by atomic mass is 32.2. The number of nitrogen functional groups attached to an aromatic ring is 1. The van der Waals surface area contributed by atoms with Crippen LogP contribution in [0.4, 0.5) is 11.4 Å². The van der Waals surface area contributed by atoms with Gasteiger partial charge in [-0.15, -0.1) is 0 Å². The number of methoxy groups -OCH3 is 1. The zero-order chi connectivity index (χ0) is 15.2. The lowest BCUT2D eigenvalue weighted by Crippen LogP contribution is -2.15. The predicted octanol–water partition coefficient (Wildman–Crippen LogP) is 1.43. The highest BCUT2D eigenvalue weighted by Crippen LogP contribution is 2.26. The number of carbonyl (C=O) groups is 1. The van der Waals surface area contributed by atoms with Gasteiger partial charge in [0.15, 0.2) is 0 Å². The van der Waals surface area contributed by atoms with Crippen molar-refractivity contribution in [1.82, 2.24) is 0 Å². The average molecular weight is 300 g/mol. The summed E-state index contributed by atoms with van der Waals surface area (Å²) in [6.07, 6.45) is 0.450. The van der Waals surface area contributed by atoms with Crippen molar-refractivity contribution in [1.29, 1.82) is 0 Å². The number of ether oxygens (including phenoxy) is 1. The molecule has 3 N–H and O–H groups in total. The van der Waals surface area contributed by atoms with Crippen LogP contribution >= 0.6 is 0 Å². The zero-order valence-electron chi connectivity index (χ0n) is 11.7. The highest BCUT2D eigenvalue weighted by molar-refractivity contribution is 7.91. The Morgan fingerprint density at radius 3 is 2.70 bits per heavy atom. The molecular weight excluding hydrogens is 280 g/mol. The third-order valence-corrected chi connectivity index (χ3v) is 4.59. The third kappa shape index (κ3) is 5.08. The topological polar surface area (TPSA) is 98.5 Å². The molecule has 0 saturated heterocycles. The molecule has 0 fully saturated rings. The van der Waals surface area contributed by atoms with Crippen LogP contribution < -0.4 is 15.8 Å². The van der Waals surface area contributed by atoms with E-state index in [-0.39, 0.29) is 23.8 Å². The van der Waals surface area contributed by atoms with Crippen molar-refractivity contribution in [2.45, 2.75) is 19.8 Å². The van der Waals surface area contributed by atoms with E-state index in [1.165, 1.54) is 7.11 Å². The summed E-state index contributed by atoms with van der Waals surface area (Å²) in [6.45, 7) is 1.59. The number of hydrogen-bond acceptors (Lipinski definition) is 5. The molecule has 7 heteroatoms. The second-order valence-electron chi connectivity index (χ2n) is 4.35. The minimum absolute atomic E-state index is 0.0236. The van der Waals surface area contributed by atoms with Crippen LogP contribution in [0.25, 0.3) is 0 Å².